The van der Waals surface area contributed by atoms with Gasteiger partial charge in [0.15, 0.2) is 0 Å². The second-order valence-corrected chi connectivity index (χ2v) is 6.50. The number of benzene rings is 3. The first-order valence-corrected chi connectivity index (χ1v) is 8.81. The minimum absolute atomic E-state index is 0. The quantitative estimate of drug-likeness (QED) is 0.394. The Morgan fingerprint density at radius 3 is 1.66 bits per heavy atom. The molecular weight excluding hydrogens is 397 g/mol. The van der Waals surface area contributed by atoms with Crippen molar-refractivity contribution in [1.29, 1.82) is 0 Å². The Morgan fingerprint density at radius 2 is 1.17 bits per heavy atom. The van der Waals surface area contributed by atoms with Gasteiger partial charge in [-0.2, -0.15) is 13.2 Å². The molecule has 2 nitrogen and oxygen atoms in total. The Morgan fingerprint density at radius 1 is 0.655 bits per heavy atom. The summed E-state index contributed by atoms with van der Waals surface area (Å²) in [5.74, 6) is 0.559. The third kappa shape index (κ3) is 3.66. The number of nitrogens with one attached hydrogen (secondary N) is 1. The molecule has 0 unspecified atom stereocenters. The van der Waals surface area contributed by atoms with E-state index in [1.54, 1.807) is 18.5 Å². The number of aromatic amines is 1. The number of H-pyrrole nitrogens is 1. The van der Waals surface area contributed by atoms with Crippen molar-refractivity contribution < 1.29 is 13.2 Å². The Labute approximate surface area is 172 Å². The zero-order chi connectivity index (χ0) is 19.6. The van der Waals surface area contributed by atoms with Crippen molar-refractivity contribution in [3.63, 3.8) is 0 Å². The lowest BCUT2D eigenvalue weighted by Crippen LogP contribution is -2.32. The third-order valence-electron chi connectivity index (χ3n) is 4.89. The maximum Gasteiger partial charge on any atom is 0.416 e. The summed E-state index contributed by atoms with van der Waals surface area (Å²) in [6.45, 7) is 0. The van der Waals surface area contributed by atoms with Crippen LogP contribution in [0, 0.1) is 0 Å². The summed E-state index contributed by atoms with van der Waals surface area (Å²) in [7, 11) is 0. The van der Waals surface area contributed by atoms with Crippen LogP contribution in [0.5, 0.6) is 0 Å². The Hall–Kier alpha value is -3.05. The molecule has 1 aromatic heterocycles. The molecule has 3 aromatic carbocycles. The molecule has 148 valence electrons. The van der Waals surface area contributed by atoms with Gasteiger partial charge in [-0.15, -0.1) is 12.4 Å². The number of nitrogens with zero attached hydrogens (tertiary/aromatic N) is 1. The first-order valence-electron chi connectivity index (χ1n) is 8.81. The van der Waals surface area contributed by atoms with Crippen molar-refractivity contribution >= 4 is 12.4 Å². The Bertz CT molecular complexity index is 1010. The molecular formula is C23H18ClF3N2. The lowest BCUT2D eigenvalue weighted by Gasteiger charge is -2.34. The number of aromatic nitrogens is 2. The monoisotopic (exact) mass is 414 g/mol. The van der Waals surface area contributed by atoms with Crippen LogP contribution in [0.15, 0.2) is 97.3 Å². The summed E-state index contributed by atoms with van der Waals surface area (Å²) in [4.78, 5) is 7.61. The second kappa shape index (κ2) is 8.13. The Balaban J connectivity index is 0.00000240. The van der Waals surface area contributed by atoms with Crippen molar-refractivity contribution in [2.75, 3.05) is 0 Å². The minimum Gasteiger partial charge on any atom is -0.347 e. The lowest BCUT2D eigenvalue weighted by molar-refractivity contribution is -0.137. The van der Waals surface area contributed by atoms with E-state index in [4.69, 9.17) is 0 Å². The van der Waals surface area contributed by atoms with E-state index in [-0.39, 0.29) is 12.4 Å². The number of hydrogen-bond donors (Lipinski definition) is 1. The fourth-order valence-electron chi connectivity index (χ4n) is 3.69. The summed E-state index contributed by atoms with van der Waals surface area (Å²) in [5, 5.41) is 0. The molecule has 0 amide bonds. The highest BCUT2D eigenvalue weighted by molar-refractivity contribution is 5.85. The Kier molecular flexibility index (Phi) is 5.80. The highest BCUT2D eigenvalue weighted by atomic mass is 35.5. The maximum absolute atomic E-state index is 13.5. The molecule has 6 heteroatoms. The van der Waals surface area contributed by atoms with Gasteiger partial charge in [-0.25, -0.2) is 4.98 Å². The zero-order valence-electron chi connectivity index (χ0n) is 15.2. The summed E-state index contributed by atoms with van der Waals surface area (Å²) in [6.07, 6.45) is -1.13. The van der Waals surface area contributed by atoms with E-state index in [2.05, 4.69) is 9.97 Å². The van der Waals surface area contributed by atoms with Crippen molar-refractivity contribution in [2.24, 2.45) is 0 Å². The van der Waals surface area contributed by atoms with Crippen LogP contribution in [-0.2, 0) is 11.6 Å². The van der Waals surface area contributed by atoms with E-state index in [0.717, 1.165) is 17.2 Å². The first-order chi connectivity index (χ1) is 13.5. The van der Waals surface area contributed by atoms with Gasteiger partial charge in [-0.05, 0) is 22.8 Å². The largest absolute Gasteiger partial charge is 0.416 e. The lowest BCUT2D eigenvalue weighted by atomic mass is 9.68. The molecule has 0 radical (unpaired) electrons. The molecule has 1 N–H and O–H groups in total. The fourth-order valence-corrected chi connectivity index (χ4v) is 3.69. The van der Waals surface area contributed by atoms with Crippen LogP contribution in [0.3, 0.4) is 0 Å². The summed E-state index contributed by atoms with van der Waals surface area (Å²) in [6, 6.07) is 24.4. The predicted molar refractivity (Wildman–Crippen MR) is 109 cm³/mol. The van der Waals surface area contributed by atoms with E-state index < -0.39 is 17.2 Å². The molecule has 0 fully saturated rings. The topological polar surface area (TPSA) is 28.7 Å². The molecule has 0 saturated heterocycles. The number of rotatable bonds is 4. The molecule has 1 heterocycles. The maximum atomic E-state index is 13.5. The summed E-state index contributed by atoms with van der Waals surface area (Å²) < 4.78 is 40.4. The highest BCUT2D eigenvalue weighted by Gasteiger charge is 2.42. The highest BCUT2D eigenvalue weighted by Crippen LogP contribution is 2.44. The van der Waals surface area contributed by atoms with Crippen LogP contribution in [0.25, 0.3) is 0 Å². The van der Waals surface area contributed by atoms with E-state index in [0.29, 0.717) is 11.4 Å². The van der Waals surface area contributed by atoms with Gasteiger partial charge in [0.25, 0.3) is 0 Å². The number of alkyl halides is 3. The van der Waals surface area contributed by atoms with Crippen LogP contribution < -0.4 is 0 Å². The van der Waals surface area contributed by atoms with E-state index >= 15 is 0 Å². The molecule has 0 saturated carbocycles. The third-order valence-corrected chi connectivity index (χ3v) is 4.89. The summed E-state index contributed by atoms with van der Waals surface area (Å²) in [5.41, 5.74) is 0.459. The van der Waals surface area contributed by atoms with Crippen LogP contribution >= 0.6 is 12.4 Å². The average Bonchev–Trinajstić information content (AvgIpc) is 3.25. The van der Waals surface area contributed by atoms with Crippen LogP contribution in [0.2, 0.25) is 0 Å². The smallest absolute Gasteiger partial charge is 0.347 e. The molecule has 0 aliphatic carbocycles. The molecule has 4 aromatic rings. The number of halogens is 4. The van der Waals surface area contributed by atoms with E-state index in [1.165, 1.54) is 12.1 Å². The normalized spacial score (nSPS) is 11.7. The number of hydrogen-bond acceptors (Lipinski definition) is 1. The van der Waals surface area contributed by atoms with E-state index in [1.807, 2.05) is 60.7 Å². The van der Waals surface area contributed by atoms with Gasteiger partial charge in [-0.1, -0.05) is 78.9 Å². The molecule has 29 heavy (non-hydrogen) atoms. The van der Waals surface area contributed by atoms with Gasteiger partial charge < -0.3 is 4.98 Å². The van der Waals surface area contributed by atoms with Gasteiger partial charge in [0.1, 0.15) is 11.2 Å². The second-order valence-electron chi connectivity index (χ2n) is 6.50. The van der Waals surface area contributed by atoms with Crippen molar-refractivity contribution in [3.05, 3.63) is 125 Å². The average molecular weight is 415 g/mol. The minimum atomic E-state index is -4.43. The van der Waals surface area contributed by atoms with Crippen LogP contribution in [0.1, 0.15) is 28.1 Å². The van der Waals surface area contributed by atoms with Gasteiger partial charge in [-0.3, -0.25) is 0 Å². The first kappa shape index (κ1) is 20.7. The fraction of sp³-hybridized carbons (Fsp3) is 0.0870. The number of imidazole rings is 1. The standard InChI is InChI=1S/C23H17F3N2.ClH/c24-23(25,26)20-13-7-12-19(16-20)22(21-27-14-15-28-21,17-8-3-1-4-9-17)18-10-5-2-6-11-18;/h1-16H,(H,27,28);1H. The molecule has 0 spiro atoms. The van der Waals surface area contributed by atoms with Gasteiger partial charge >= 0.3 is 6.18 Å². The van der Waals surface area contributed by atoms with Crippen molar-refractivity contribution in [3.8, 4) is 0 Å². The van der Waals surface area contributed by atoms with Gasteiger partial charge in [0.05, 0.1) is 5.56 Å². The van der Waals surface area contributed by atoms with Gasteiger partial charge in [0.2, 0.25) is 0 Å². The zero-order valence-corrected chi connectivity index (χ0v) is 16.0. The van der Waals surface area contributed by atoms with Crippen LogP contribution in [-0.4, -0.2) is 9.97 Å². The molecule has 0 aliphatic rings. The molecule has 0 aliphatic heterocycles. The van der Waals surface area contributed by atoms with E-state index in [9.17, 15) is 13.2 Å². The van der Waals surface area contributed by atoms with Crippen LogP contribution in [0.4, 0.5) is 13.2 Å². The molecule has 0 atom stereocenters. The molecule has 4 rings (SSSR count). The SMILES string of the molecule is Cl.FC(F)(F)c1cccc(C(c2ccccc2)(c2ccccc2)c2ncc[nH]2)c1. The van der Waals surface area contributed by atoms with Gasteiger partial charge in [0, 0.05) is 12.4 Å². The molecule has 0 bridgehead atoms. The predicted octanol–water partition coefficient (Wildman–Crippen LogP) is 6.23. The summed E-state index contributed by atoms with van der Waals surface area (Å²) >= 11 is 0. The van der Waals surface area contributed by atoms with Crippen molar-refractivity contribution in [2.45, 2.75) is 11.6 Å². The van der Waals surface area contributed by atoms with Crippen molar-refractivity contribution in [1.82, 2.24) is 9.97 Å².